The first-order valence-electron chi connectivity index (χ1n) is 5.00. The van der Waals surface area contributed by atoms with Crippen LogP contribution >= 0.6 is 0 Å². The van der Waals surface area contributed by atoms with E-state index in [0.717, 1.165) is 5.56 Å². The summed E-state index contributed by atoms with van der Waals surface area (Å²) >= 11 is 0. The fourth-order valence-electron chi connectivity index (χ4n) is 1.34. The van der Waals surface area contributed by atoms with Gasteiger partial charge >= 0.3 is 5.97 Å². The molecule has 0 aromatic heterocycles. The first kappa shape index (κ1) is 12.2. The Hall–Kier alpha value is -1.84. The van der Waals surface area contributed by atoms with Crippen LogP contribution in [0.1, 0.15) is 22.8 Å². The lowest BCUT2D eigenvalue weighted by Gasteiger charge is -2.12. The van der Waals surface area contributed by atoms with Crippen molar-refractivity contribution in [2.45, 2.75) is 19.9 Å². The Morgan fingerprint density at radius 3 is 2.50 bits per heavy atom. The Morgan fingerprint density at radius 1 is 1.31 bits per heavy atom. The number of aryl methyl sites for hydroxylation is 1. The minimum Gasteiger partial charge on any atom is -0.467 e. The third kappa shape index (κ3) is 2.82. The lowest BCUT2D eigenvalue weighted by Crippen LogP contribution is -2.39. The average molecular weight is 221 g/mol. The maximum atomic E-state index is 11.8. The Labute approximate surface area is 94.6 Å². The number of rotatable bonds is 3. The molecule has 0 unspecified atom stereocenters. The second-order valence-corrected chi connectivity index (χ2v) is 3.53. The molecular formula is C12H15NO3. The van der Waals surface area contributed by atoms with Crippen LogP contribution in [0, 0.1) is 6.92 Å². The molecule has 0 bridgehead atoms. The molecular weight excluding hydrogens is 206 g/mol. The molecule has 0 spiro atoms. The van der Waals surface area contributed by atoms with E-state index in [9.17, 15) is 9.59 Å². The summed E-state index contributed by atoms with van der Waals surface area (Å²) in [4.78, 5) is 22.9. The number of nitrogens with one attached hydrogen (secondary N) is 1. The summed E-state index contributed by atoms with van der Waals surface area (Å²) < 4.78 is 4.53. The minimum atomic E-state index is -0.642. The highest BCUT2D eigenvalue weighted by molar-refractivity contribution is 5.97. The summed E-state index contributed by atoms with van der Waals surface area (Å²) in [7, 11) is 1.29. The SMILES string of the molecule is COC(=O)[C@H](C)NC(=O)c1ccccc1C. The minimum absolute atomic E-state index is 0.268. The van der Waals surface area contributed by atoms with Gasteiger partial charge in [0.15, 0.2) is 0 Å². The average Bonchev–Trinajstić information content (AvgIpc) is 2.28. The monoisotopic (exact) mass is 221 g/mol. The molecule has 0 aliphatic rings. The van der Waals surface area contributed by atoms with Crippen LogP contribution < -0.4 is 5.32 Å². The maximum Gasteiger partial charge on any atom is 0.328 e. The molecule has 4 heteroatoms. The Morgan fingerprint density at radius 2 is 1.94 bits per heavy atom. The van der Waals surface area contributed by atoms with Crippen molar-refractivity contribution in [2.75, 3.05) is 7.11 Å². The standard InChI is InChI=1S/C12H15NO3/c1-8-6-4-5-7-10(8)11(14)13-9(2)12(15)16-3/h4-7,9H,1-3H3,(H,13,14)/t9-/m0/s1. The number of benzene rings is 1. The van der Waals surface area contributed by atoms with Crippen molar-refractivity contribution in [3.05, 3.63) is 35.4 Å². The van der Waals surface area contributed by atoms with Crippen molar-refractivity contribution < 1.29 is 14.3 Å². The summed E-state index contributed by atoms with van der Waals surface area (Å²) in [5, 5.41) is 2.57. The van der Waals surface area contributed by atoms with Gasteiger partial charge in [-0.3, -0.25) is 4.79 Å². The highest BCUT2D eigenvalue weighted by Crippen LogP contribution is 2.06. The van der Waals surface area contributed by atoms with Crippen LogP contribution in [0.5, 0.6) is 0 Å². The number of hydrogen-bond acceptors (Lipinski definition) is 3. The molecule has 4 nitrogen and oxygen atoms in total. The number of carbonyl (C=O) groups excluding carboxylic acids is 2. The highest BCUT2D eigenvalue weighted by atomic mass is 16.5. The van der Waals surface area contributed by atoms with E-state index in [1.165, 1.54) is 7.11 Å². The molecule has 1 amide bonds. The zero-order valence-corrected chi connectivity index (χ0v) is 9.61. The van der Waals surface area contributed by atoms with E-state index >= 15 is 0 Å². The highest BCUT2D eigenvalue weighted by Gasteiger charge is 2.17. The molecule has 86 valence electrons. The number of esters is 1. The molecule has 0 saturated heterocycles. The van der Waals surface area contributed by atoms with Gasteiger partial charge < -0.3 is 10.1 Å². The predicted octanol–water partition coefficient (Wildman–Crippen LogP) is 1.29. The summed E-state index contributed by atoms with van der Waals surface area (Å²) in [6.45, 7) is 3.43. The van der Waals surface area contributed by atoms with E-state index in [0.29, 0.717) is 5.56 Å². The predicted molar refractivity (Wildman–Crippen MR) is 60.1 cm³/mol. The van der Waals surface area contributed by atoms with E-state index in [1.54, 1.807) is 19.1 Å². The van der Waals surface area contributed by atoms with Crippen LogP contribution in [0.4, 0.5) is 0 Å². The van der Waals surface area contributed by atoms with Gasteiger partial charge in [0.05, 0.1) is 7.11 Å². The van der Waals surface area contributed by atoms with Gasteiger partial charge in [-0.25, -0.2) is 4.79 Å². The molecule has 1 aromatic rings. The zero-order valence-electron chi connectivity index (χ0n) is 9.61. The molecule has 0 radical (unpaired) electrons. The smallest absolute Gasteiger partial charge is 0.328 e. The third-order valence-corrected chi connectivity index (χ3v) is 2.29. The van der Waals surface area contributed by atoms with Gasteiger partial charge in [0.1, 0.15) is 6.04 Å². The third-order valence-electron chi connectivity index (χ3n) is 2.29. The maximum absolute atomic E-state index is 11.8. The van der Waals surface area contributed by atoms with Crippen LogP contribution in [0.2, 0.25) is 0 Å². The molecule has 1 N–H and O–H groups in total. The quantitative estimate of drug-likeness (QED) is 0.782. The summed E-state index contributed by atoms with van der Waals surface area (Å²) in [6, 6.07) is 6.56. The fourth-order valence-corrected chi connectivity index (χ4v) is 1.34. The van der Waals surface area contributed by atoms with Gasteiger partial charge in [-0.15, -0.1) is 0 Å². The zero-order chi connectivity index (χ0) is 12.1. The number of amides is 1. The lowest BCUT2D eigenvalue weighted by molar-refractivity contribution is -0.142. The van der Waals surface area contributed by atoms with Gasteiger partial charge in [-0.05, 0) is 25.5 Å². The van der Waals surface area contributed by atoms with E-state index in [1.807, 2.05) is 19.1 Å². The van der Waals surface area contributed by atoms with Crippen LogP contribution in [-0.4, -0.2) is 25.0 Å². The van der Waals surface area contributed by atoms with Gasteiger partial charge in [0.2, 0.25) is 0 Å². The van der Waals surface area contributed by atoms with Gasteiger partial charge in [-0.1, -0.05) is 18.2 Å². The van der Waals surface area contributed by atoms with Gasteiger partial charge in [-0.2, -0.15) is 0 Å². The van der Waals surface area contributed by atoms with Crippen molar-refractivity contribution in [3.63, 3.8) is 0 Å². The number of carbonyl (C=O) groups is 2. The lowest BCUT2D eigenvalue weighted by atomic mass is 10.1. The Kier molecular flexibility index (Phi) is 4.05. The van der Waals surface area contributed by atoms with Crippen molar-refractivity contribution in [1.82, 2.24) is 5.32 Å². The summed E-state index contributed by atoms with van der Waals surface area (Å²) in [6.07, 6.45) is 0. The summed E-state index contributed by atoms with van der Waals surface area (Å²) in [5.41, 5.74) is 1.44. The molecule has 0 aliphatic carbocycles. The first-order valence-corrected chi connectivity index (χ1v) is 5.00. The second kappa shape index (κ2) is 5.30. The normalized spacial score (nSPS) is 11.7. The van der Waals surface area contributed by atoms with Crippen LogP contribution in [-0.2, 0) is 9.53 Å². The molecule has 1 rings (SSSR count). The molecule has 0 aliphatic heterocycles. The molecule has 16 heavy (non-hydrogen) atoms. The van der Waals surface area contributed by atoms with Crippen molar-refractivity contribution in [1.29, 1.82) is 0 Å². The molecule has 0 saturated carbocycles. The second-order valence-electron chi connectivity index (χ2n) is 3.53. The van der Waals surface area contributed by atoms with Crippen LogP contribution in [0.3, 0.4) is 0 Å². The van der Waals surface area contributed by atoms with E-state index in [-0.39, 0.29) is 5.91 Å². The van der Waals surface area contributed by atoms with Crippen LogP contribution in [0.25, 0.3) is 0 Å². The summed E-state index contributed by atoms with van der Waals surface area (Å²) in [5.74, 6) is -0.724. The Balaban J connectivity index is 2.73. The van der Waals surface area contributed by atoms with Crippen molar-refractivity contribution >= 4 is 11.9 Å². The number of methoxy groups -OCH3 is 1. The first-order chi connectivity index (χ1) is 7.56. The number of ether oxygens (including phenoxy) is 1. The molecule has 1 atom stereocenters. The van der Waals surface area contributed by atoms with E-state index in [2.05, 4.69) is 10.1 Å². The Bertz CT molecular complexity index is 401. The van der Waals surface area contributed by atoms with E-state index in [4.69, 9.17) is 0 Å². The molecule has 0 heterocycles. The van der Waals surface area contributed by atoms with Gasteiger partial charge in [0, 0.05) is 5.56 Å². The van der Waals surface area contributed by atoms with E-state index < -0.39 is 12.0 Å². The topological polar surface area (TPSA) is 55.4 Å². The van der Waals surface area contributed by atoms with Crippen molar-refractivity contribution in [3.8, 4) is 0 Å². The van der Waals surface area contributed by atoms with Crippen molar-refractivity contribution in [2.24, 2.45) is 0 Å². The molecule has 1 aromatic carbocycles. The number of hydrogen-bond donors (Lipinski definition) is 1. The van der Waals surface area contributed by atoms with Crippen LogP contribution in [0.15, 0.2) is 24.3 Å². The fraction of sp³-hybridized carbons (Fsp3) is 0.333. The molecule has 0 fully saturated rings. The largest absolute Gasteiger partial charge is 0.467 e. The van der Waals surface area contributed by atoms with Gasteiger partial charge in [0.25, 0.3) is 5.91 Å².